The number of hydrogen-bond donors (Lipinski definition) is 0. The molecule has 0 aliphatic heterocycles. The molecule has 128 valence electrons. The minimum absolute atomic E-state index is 0.0875. The molecule has 2 aromatic heterocycles. The highest BCUT2D eigenvalue weighted by molar-refractivity contribution is 6.31. The van der Waals surface area contributed by atoms with Crippen molar-refractivity contribution in [2.45, 2.75) is 6.18 Å². The maximum Gasteiger partial charge on any atom is 0.417 e. The third kappa shape index (κ3) is 3.43. The molecule has 3 rings (SSSR count). The van der Waals surface area contributed by atoms with Crippen LogP contribution in [0, 0.1) is 11.6 Å². The van der Waals surface area contributed by atoms with E-state index in [-0.39, 0.29) is 11.3 Å². The van der Waals surface area contributed by atoms with Crippen LogP contribution in [0.25, 0.3) is 22.6 Å². The van der Waals surface area contributed by atoms with Crippen LogP contribution in [0.2, 0.25) is 5.02 Å². The molecule has 0 spiro atoms. The van der Waals surface area contributed by atoms with Crippen LogP contribution < -0.4 is 0 Å². The SMILES string of the molecule is Fc1cncc(-c2ccnc(-c3c(C(F)(F)F)ccc(Cl)c3F)n2)c1. The molecular weight excluding hydrogens is 365 g/mol. The van der Waals surface area contributed by atoms with Gasteiger partial charge in [0.25, 0.3) is 0 Å². The maximum absolute atomic E-state index is 14.3. The van der Waals surface area contributed by atoms with Gasteiger partial charge in [-0.05, 0) is 24.3 Å². The molecule has 0 bridgehead atoms. The number of pyridine rings is 1. The molecule has 25 heavy (non-hydrogen) atoms. The Morgan fingerprint density at radius 3 is 2.44 bits per heavy atom. The van der Waals surface area contributed by atoms with Gasteiger partial charge in [0.15, 0.2) is 11.6 Å². The lowest BCUT2D eigenvalue weighted by Crippen LogP contribution is -2.10. The van der Waals surface area contributed by atoms with Crippen LogP contribution in [0.3, 0.4) is 0 Å². The first-order valence-electron chi connectivity index (χ1n) is 6.77. The quantitative estimate of drug-likeness (QED) is 0.584. The number of alkyl halides is 3. The highest BCUT2D eigenvalue weighted by Crippen LogP contribution is 2.39. The fourth-order valence-electron chi connectivity index (χ4n) is 2.20. The third-order valence-electron chi connectivity index (χ3n) is 3.28. The normalized spacial score (nSPS) is 11.6. The van der Waals surface area contributed by atoms with E-state index in [9.17, 15) is 22.0 Å². The third-order valence-corrected chi connectivity index (χ3v) is 3.57. The lowest BCUT2D eigenvalue weighted by Gasteiger charge is -2.14. The minimum Gasteiger partial charge on any atom is -0.261 e. The fourth-order valence-corrected chi connectivity index (χ4v) is 2.35. The van der Waals surface area contributed by atoms with Crippen molar-refractivity contribution in [3.05, 3.63) is 65.1 Å². The second-order valence-corrected chi connectivity index (χ2v) is 5.35. The number of hydrogen-bond acceptors (Lipinski definition) is 3. The molecule has 0 unspecified atom stereocenters. The molecule has 1 aromatic carbocycles. The van der Waals surface area contributed by atoms with Gasteiger partial charge in [-0.25, -0.2) is 18.7 Å². The van der Waals surface area contributed by atoms with E-state index in [1.54, 1.807) is 0 Å². The summed E-state index contributed by atoms with van der Waals surface area (Å²) in [6.45, 7) is 0. The van der Waals surface area contributed by atoms with E-state index in [1.807, 2.05) is 0 Å². The van der Waals surface area contributed by atoms with Crippen molar-refractivity contribution in [3.8, 4) is 22.6 Å². The monoisotopic (exact) mass is 371 g/mol. The zero-order chi connectivity index (χ0) is 18.2. The summed E-state index contributed by atoms with van der Waals surface area (Å²) in [4.78, 5) is 11.3. The summed E-state index contributed by atoms with van der Waals surface area (Å²) < 4.78 is 67.2. The largest absolute Gasteiger partial charge is 0.417 e. The summed E-state index contributed by atoms with van der Waals surface area (Å²) in [6.07, 6.45) is -1.46. The molecule has 3 nitrogen and oxygen atoms in total. The van der Waals surface area contributed by atoms with Gasteiger partial charge in [0.05, 0.1) is 28.0 Å². The molecular formula is C16H7ClF5N3. The van der Waals surface area contributed by atoms with Gasteiger partial charge >= 0.3 is 6.18 Å². The highest BCUT2D eigenvalue weighted by atomic mass is 35.5. The van der Waals surface area contributed by atoms with Crippen molar-refractivity contribution in [3.63, 3.8) is 0 Å². The summed E-state index contributed by atoms with van der Waals surface area (Å²) >= 11 is 5.61. The summed E-state index contributed by atoms with van der Waals surface area (Å²) in [7, 11) is 0. The van der Waals surface area contributed by atoms with Crippen molar-refractivity contribution >= 4 is 11.6 Å². The molecule has 0 atom stereocenters. The van der Waals surface area contributed by atoms with Crippen molar-refractivity contribution in [1.82, 2.24) is 15.0 Å². The number of aromatic nitrogens is 3. The Hall–Kier alpha value is -2.61. The summed E-state index contributed by atoms with van der Waals surface area (Å²) in [5, 5.41) is -0.496. The first kappa shape index (κ1) is 17.2. The molecule has 0 saturated carbocycles. The van der Waals surface area contributed by atoms with E-state index in [0.29, 0.717) is 6.07 Å². The summed E-state index contributed by atoms with van der Waals surface area (Å²) in [6, 6.07) is 3.90. The molecule has 3 aromatic rings. The average molecular weight is 372 g/mol. The molecule has 2 heterocycles. The van der Waals surface area contributed by atoms with Crippen LogP contribution in [-0.4, -0.2) is 15.0 Å². The summed E-state index contributed by atoms with van der Waals surface area (Å²) in [5.74, 6) is -2.46. The second-order valence-electron chi connectivity index (χ2n) is 4.94. The Morgan fingerprint density at radius 2 is 1.76 bits per heavy atom. The van der Waals surface area contributed by atoms with Crippen molar-refractivity contribution < 1.29 is 22.0 Å². The molecule has 0 saturated heterocycles. The van der Waals surface area contributed by atoms with Crippen LogP contribution in [0.4, 0.5) is 22.0 Å². The highest BCUT2D eigenvalue weighted by Gasteiger charge is 2.36. The summed E-state index contributed by atoms with van der Waals surface area (Å²) in [5.41, 5.74) is -1.83. The topological polar surface area (TPSA) is 38.7 Å². The number of nitrogens with zero attached hydrogens (tertiary/aromatic N) is 3. The maximum atomic E-state index is 14.3. The predicted molar refractivity (Wildman–Crippen MR) is 80.6 cm³/mol. The lowest BCUT2D eigenvalue weighted by molar-refractivity contribution is -0.137. The van der Waals surface area contributed by atoms with Gasteiger partial charge < -0.3 is 0 Å². The van der Waals surface area contributed by atoms with Crippen LogP contribution in [-0.2, 0) is 6.18 Å². The van der Waals surface area contributed by atoms with Gasteiger partial charge in [-0.15, -0.1) is 0 Å². The van der Waals surface area contributed by atoms with Gasteiger partial charge in [0, 0.05) is 18.0 Å². The minimum atomic E-state index is -4.83. The Labute approximate surface area is 143 Å². The first-order valence-corrected chi connectivity index (χ1v) is 7.14. The number of rotatable bonds is 2. The lowest BCUT2D eigenvalue weighted by atomic mass is 10.0. The van der Waals surface area contributed by atoms with E-state index in [4.69, 9.17) is 11.6 Å². The Balaban J connectivity index is 2.21. The van der Waals surface area contributed by atoms with Crippen LogP contribution in [0.15, 0.2) is 42.9 Å². The predicted octanol–water partition coefficient (Wildman–Crippen LogP) is 5.16. The van der Waals surface area contributed by atoms with Gasteiger partial charge in [0.1, 0.15) is 5.82 Å². The Bertz CT molecular complexity index is 943. The van der Waals surface area contributed by atoms with Crippen LogP contribution >= 0.6 is 11.6 Å². The molecule has 0 aliphatic carbocycles. The van der Waals surface area contributed by atoms with E-state index in [2.05, 4.69) is 15.0 Å². The zero-order valence-corrected chi connectivity index (χ0v) is 12.9. The van der Waals surface area contributed by atoms with Crippen LogP contribution in [0.5, 0.6) is 0 Å². The smallest absolute Gasteiger partial charge is 0.261 e. The standard InChI is InChI=1S/C16H7ClF5N3/c17-11-2-1-10(16(20,21)22)13(14(11)19)15-24-4-3-12(25-15)8-5-9(18)7-23-6-8/h1-7H. The van der Waals surface area contributed by atoms with Gasteiger partial charge in [-0.3, -0.25) is 4.98 Å². The molecule has 0 fully saturated rings. The van der Waals surface area contributed by atoms with E-state index < -0.39 is 39.8 Å². The molecule has 0 amide bonds. The first-order chi connectivity index (χ1) is 11.8. The molecule has 0 radical (unpaired) electrons. The van der Waals surface area contributed by atoms with Crippen LogP contribution in [0.1, 0.15) is 5.56 Å². The molecule has 9 heteroatoms. The fraction of sp³-hybridized carbons (Fsp3) is 0.0625. The Kier molecular flexibility index (Phi) is 4.38. The van der Waals surface area contributed by atoms with E-state index >= 15 is 0 Å². The average Bonchev–Trinajstić information content (AvgIpc) is 2.56. The number of halogens is 6. The molecule has 0 aliphatic rings. The second kappa shape index (κ2) is 6.36. The Morgan fingerprint density at radius 1 is 1.00 bits per heavy atom. The van der Waals surface area contributed by atoms with Gasteiger partial charge in [-0.1, -0.05) is 11.6 Å². The van der Waals surface area contributed by atoms with Crippen molar-refractivity contribution in [2.24, 2.45) is 0 Å². The number of benzene rings is 1. The van der Waals surface area contributed by atoms with Crippen molar-refractivity contribution in [2.75, 3.05) is 0 Å². The van der Waals surface area contributed by atoms with Crippen molar-refractivity contribution in [1.29, 1.82) is 0 Å². The van der Waals surface area contributed by atoms with Gasteiger partial charge in [0.2, 0.25) is 0 Å². The zero-order valence-electron chi connectivity index (χ0n) is 12.2. The van der Waals surface area contributed by atoms with E-state index in [0.717, 1.165) is 24.5 Å². The van der Waals surface area contributed by atoms with Gasteiger partial charge in [-0.2, -0.15) is 13.2 Å². The van der Waals surface area contributed by atoms with E-state index in [1.165, 1.54) is 12.3 Å². The molecule has 0 N–H and O–H groups in total.